The minimum atomic E-state index is -2.83. The third kappa shape index (κ3) is 8.50. The number of nitrogens with one attached hydrogen (secondary N) is 2. The smallest absolute Gasteiger partial charge is 0.387 e. The molecule has 27 heavy (non-hydrogen) atoms. The van der Waals surface area contributed by atoms with E-state index < -0.39 is 6.61 Å². The highest BCUT2D eigenvalue weighted by atomic mass is 19.3. The van der Waals surface area contributed by atoms with Crippen molar-refractivity contribution in [3.8, 4) is 11.5 Å². The second-order valence-corrected chi connectivity index (χ2v) is 6.17. The Kier molecular flexibility index (Phi) is 8.51. The number of quaternary nitrogens is 1. The van der Waals surface area contributed by atoms with Gasteiger partial charge >= 0.3 is 6.61 Å². The molecule has 1 unspecified atom stereocenters. The van der Waals surface area contributed by atoms with E-state index in [1.54, 1.807) is 12.1 Å². The normalized spacial score (nSPS) is 11.9. The summed E-state index contributed by atoms with van der Waals surface area (Å²) in [5, 5.41) is 2.87. The molecule has 146 valence electrons. The van der Waals surface area contributed by atoms with Gasteiger partial charge in [0.25, 0.3) is 5.91 Å². The van der Waals surface area contributed by atoms with Gasteiger partial charge in [-0.3, -0.25) is 4.79 Å². The summed E-state index contributed by atoms with van der Waals surface area (Å²) in [7, 11) is 1.94. The lowest BCUT2D eigenvalue weighted by atomic mass is 10.1. The van der Waals surface area contributed by atoms with Crippen molar-refractivity contribution in [1.82, 2.24) is 5.32 Å². The van der Waals surface area contributed by atoms with Crippen LogP contribution in [0.3, 0.4) is 0 Å². The SMILES string of the molecule is C[NH+](CCOc1ccccc1)CC(=O)NCCc1ccc(OC(F)F)cc1. The lowest BCUT2D eigenvalue weighted by Gasteiger charge is -2.14. The zero-order valence-electron chi connectivity index (χ0n) is 15.3. The van der Waals surface area contributed by atoms with Gasteiger partial charge in [0.05, 0.1) is 7.05 Å². The highest BCUT2D eigenvalue weighted by Crippen LogP contribution is 2.14. The zero-order valence-corrected chi connectivity index (χ0v) is 15.3. The second-order valence-electron chi connectivity index (χ2n) is 6.17. The van der Waals surface area contributed by atoms with Crippen LogP contribution in [0.5, 0.6) is 11.5 Å². The number of hydrogen-bond donors (Lipinski definition) is 2. The first-order chi connectivity index (χ1) is 13.0. The van der Waals surface area contributed by atoms with E-state index in [2.05, 4.69) is 10.1 Å². The molecule has 1 atom stereocenters. The average molecular weight is 379 g/mol. The van der Waals surface area contributed by atoms with E-state index in [9.17, 15) is 13.6 Å². The molecule has 0 fully saturated rings. The van der Waals surface area contributed by atoms with Crippen LogP contribution < -0.4 is 19.7 Å². The van der Waals surface area contributed by atoms with Crippen molar-refractivity contribution in [2.75, 3.05) is 33.3 Å². The monoisotopic (exact) mass is 379 g/mol. The van der Waals surface area contributed by atoms with Gasteiger partial charge in [-0.05, 0) is 36.2 Å². The van der Waals surface area contributed by atoms with E-state index >= 15 is 0 Å². The standard InChI is InChI=1S/C20H24F2N2O3/c1-24(13-14-26-17-5-3-2-4-6-17)15-19(25)23-12-11-16-7-9-18(10-8-16)27-20(21)22/h2-10,20H,11-15H2,1H3,(H,23,25)/p+1. The Bertz CT molecular complexity index is 681. The minimum absolute atomic E-state index is 0.0372. The number of likely N-dealkylation sites (N-methyl/N-ethyl adjacent to an activating group) is 1. The van der Waals surface area contributed by atoms with Crippen LogP contribution in [0.4, 0.5) is 8.78 Å². The molecule has 0 heterocycles. The van der Waals surface area contributed by atoms with Gasteiger partial charge in [-0.15, -0.1) is 0 Å². The fourth-order valence-electron chi connectivity index (χ4n) is 2.47. The van der Waals surface area contributed by atoms with Gasteiger partial charge in [0, 0.05) is 6.54 Å². The first-order valence-electron chi connectivity index (χ1n) is 8.82. The third-order valence-electron chi connectivity index (χ3n) is 3.89. The molecule has 2 rings (SSSR count). The molecule has 0 saturated carbocycles. The molecule has 0 aromatic heterocycles. The maximum atomic E-state index is 12.1. The number of rotatable bonds is 11. The Balaban J connectivity index is 1.59. The highest BCUT2D eigenvalue weighted by molar-refractivity contribution is 5.76. The van der Waals surface area contributed by atoms with Gasteiger partial charge < -0.3 is 19.7 Å². The first kappa shape index (κ1) is 20.6. The minimum Gasteiger partial charge on any atom is -0.488 e. The Morgan fingerprint density at radius 3 is 2.44 bits per heavy atom. The number of alkyl halides is 2. The van der Waals surface area contributed by atoms with Gasteiger partial charge in [-0.1, -0.05) is 30.3 Å². The largest absolute Gasteiger partial charge is 0.488 e. The molecule has 2 N–H and O–H groups in total. The Morgan fingerprint density at radius 2 is 1.78 bits per heavy atom. The van der Waals surface area contributed by atoms with Crippen LogP contribution in [0.25, 0.3) is 0 Å². The van der Waals surface area contributed by atoms with Crippen LogP contribution in [0.2, 0.25) is 0 Å². The molecular formula is C20H25F2N2O3+. The summed E-state index contributed by atoms with van der Waals surface area (Å²) < 4.78 is 34.1. The summed E-state index contributed by atoms with van der Waals surface area (Å²) in [6.45, 7) is -0.724. The molecular weight excluding hydrogens is 354 g/mol. The zero-order chi connectivity index (χ0) is 19.5. The quantitative estimate of drug-likeness (QED) is 0.623. The number of para-hydroxylation sites is 1. The lowest BCUT2D eigenvalue weighted by molar-refractivity contribution is -0.871. The molecule has 2 aromatic carbocycles. The van der Waals surface area contributed by atoms with Crippen molar-refractivity contribution in [2.24, 2.45) is 0 Å². The Morgan fingerprint density at radius 1 is 1.07 bits per heavy atom. The summed E-state index contributed by atoms with van der Waals surface area (Å²) in [4.78, 5) is 13.0. The van der Waals surface area contributed by atoms with Crippen molar-refractivity contribution in [3.05, 3.63) is 60.2 Å². The molecule has 0 bridgehead atoms. The summed E-state index contributed by atoms with van der Waals surface area (Å²) in [5.41, 5.74) is 0.939. The van der Waals surface area contributed by atoms with Gasteiger partial charge in [0.2, 0.25) is 0 Å². The molecule has 1 amide bonds. The van der Waals surface area contributed by atoms with Gasteiger partial charge in [0.1, 0.15) is 24.7 Å². The summed E-state index contributed by atoms with van der Waals surface area (Å²) in [6.07, 6.45) is 0.622. The van der Waals surface area contributed by atoms with Crippen LogP contribution in [0.15, 0.2) is 54.6 Å². The molecule has 0 spiro atoms. The molecule has 7 heteroatoms. The summed E-state index contributed by atoms with van der Waals surface area (Å²) >= 11 is 0. The van der Waals surface area contributed by atoms with E-state index in [-0.39, 0.29) is 11.7 Å². The van der Waals surface area contributed by atoms with Crippen LogP contribution in [-0.4, -0.2) is 45.8 Å². The summed E-state index contributed by atoms with van der Waals surface area (Å²) in [5.74, 6) is 0.908. The number of ether oxygens (including phenoxy) is 2. The molecule has 5 nitrogen and oxygen atoms in total. The third-order valence-corrected chi connectivity index (χ3v) is 3.89. The Labute approximate surface area is 157 Å². The number of carbonyl (C=O) groups excluding carboxylic acids is 1. The van der Waals surface area contributed by atoms with E-state index in [0.29, 0.717) is 32.7 Å². The average Bonchev–Trinajstić information content (AvgIpc) is 2.63. The summed E-state index contributed by atoms with van der Waals surface area (Å²) in [6, 6.07) is 16.0. The van der Waals surface area contributed by atoms with E-state index in [1.165, 1.54) is 12.1 Å². The van der Waals surface area contributed by atoms with Crippen molar-refractivity contribution >= 4 is 5.91 Å². The fourth-order valence-corrected chi connectivity index (χ4v) is 2.47. The van der Waals surface area contributed by atoms with Gasteiger partial charge in [-0.25, -0.2) is 0 Å². The van der Waals surface area contributed by atoms with Gasteiger partial charge in [0.15, 0.2) is 6.54 Å². The van der Waals surface area contributed by atoms with Crippen molar-refractivity contribution in [2.45, 2.75) is 13.0 Å². The predicted octanol–water partition coefficient (Wildman–Crippen LogP) is 1.54. The lowest BCUT2D eigenvalue weighted by Crippen LogP contribution is -3.10. The maximum absolute atomic E-state index is 12.1. The second kappa shape index (κ2) is 11.1. The maximum Gasteiger partial charge on any atom is 0.387 e. The predicted molar refractivity (Wildman–Crippen MR) is 98.3 cm³/mol. The topological polar surface area (TPSA) is 52.0 Å². The van der Waals surface area contributed by atoms with Gasteiger partial charge in [-0.2, -0.15) is 8.78 Å². The highest BCUT2D eigenvalue weighted by Gasteiger charge is 2.10. The fraction of sp³-hybridized carbons (Fsp3) is 0.350. The molecule has 0 aliphatic heterocycles. The number of hydrogen-bond acceptors (Lipinski definition) is 3. The van der Waals surface area contributed by atoms with Crippen LogP contribution >= 0.6 is 0 Å². The van der Waals surface area contributed by atoms with E-state index in [0.717, 1.165) is 16.2 Å². The van der Waals surface area contributed by atoms with E-state index in [4.69, 9.17) is 4.74 Å². The van der Waals surface area contributed by atoms with Crippen LogP contribution in [0, 0.1) is 0 Å². The number of benzene rings is 2. The van der Waals surface area contributed by atoms with Crippen molar-refractivity contribution < 1.29 is 27.9 Å². The molecule has 0 aliphatic carbocycles. The van der Waals surface area contributed by atoms with Crippen LogP contribution in [-0.2, 0) is 11.2 Å². The first-order valence-corrected chi connectivity index (χ1v) is 8.82. The molecule has 0 radical (unpaired) electrons. The molecule has 2 aromatic rings. The number of halogens is 2. The van der Waals surface area contributed by atoms with Crippen LogP contribution in [0.1, 0.15) is 5.56 Å². The van der Waals surface area contributed by atoms with Crippen molar-refractivity contribution in [3.63, 3.8) is 0 Å². The number of amides is 1. The molecule has 0 saturated heterocycles. The van der Waals surface area contributed by atoms with Crippen molar-refractivity contribution in [1.29, 1.82) is 0 Å². The number of carbonyl (C=O) groups is 1. The molecule has 0 aliphatic rings. The Hall–Kier alpha value is -2.67. The van der Waals surface area contributed by atoms with E-state index in [1.807, 2.05) is 37.4 Å².